The standard InChI is InChI=1S/C15H12N2O6/c1-23-15(19)11-4-6-12(7-5-11)16(20)14(18)10-2-8-13(9-3-10)17(21)22/h2-9,20H,1H3. The number of nitro groups is 1. The van der Waals surface area contributed by atoms with Crippen molar-refractivity contribution < 1.29 is 24.5 Å². The summed E-state index contributed by atoms with van der Waals surface area (Å²) in [5.41, 5.74) is 0.331. The molecule has 2 aromatic rings. The molecule has 118 valence electrons. The Morgan fingerprint density at radius 1 is 1.04 bits per heavy atom. The molecule has 0 fully saturated rings. The molecule has 0 atom stereocenters. The SMILES string of the molecule is COC(=O)c1ccc(N(O)C(=O)c2ccc([N+](=O)[O-])cc2)cc1. The summed E-state index contributed by atoms with van der Waals surface area (Å²) in [5.74, 6) is -1.30. The molecule has 1 amide bonds. The molecule has 0 radical (unpaired) electrons. The summed E-state index contributed by atoms with van der Waals surface area (Å²) in [6, 6.07) is 10.4. The van der Waals surface area contributed by atoms with Gasteiger partial charge in [-0.05, 0) is 36.4 Å². The van der Waals surface area contributed by atoms with E-state index in [1.54, 1.807) is 0 Å². The Labute approximate surface area is 130 Å². The van der Waals surface area contributed by atoms with Gasteiger partial charge in [-0.3, -0.25) is 20.1 Å². The van der Waals surface area contributed by atoms with Gasteiger partial charge in [0.2, 0.25) is 0 Å². The third kappa shape index (κ3) is 3.50. The zero-order valence-electron chi connectivity index (χ0n) is 12.0. The number of rotatable bonds is 4. The summed E-state index contributed by atoms with van der Waals surface area (Å²) in [6.07, 6.45) is 0. The van der Waals surface area contributed by atoms with E-state index in [1.165, 1.54) is 55.6 Å². The second-order valence-electron chi connectivity index (χ2n) is 4.46. The summed E-state index contributed by atoms with van der Waals surface area (Å²) in [7, 11) is 1.24. The number of esters is 1. The predicted molar refractivity (Wildman–Crippen MR) is 79.5 cm³/mol. The summed E-state index contributed by atoms with van der Waals surface area (Å²) in [6.45, 7) is 0. The topological polar surface area (TPSA) is 110 Å². The molecule has 2 aromatic carbocycles. The van der Waals surface area contributed by atoms with Gasteiger partial charge in [-0.1, -0.05) is 0 Å². The highest BCUT2D eigenvalue weighted by molar-refractivity contribution is 6.04. The van der Waals surface area contributed by atoms with Crippen LogP contribution in [0.4, 0.5) is 11.4 Å². The molecule has 0 aliphatic heterocycles. The number of methoxy groups -OCH3 is 1. The molecule has 0 saturated carbocycles. The van der Waals surface area contributed by atoms with Crippen molar-refractivity contribution in [2.45, 2.75) is 0 Å². The molecule has 0 spiro atoms. The number of amides is 1. The van der Waals surface area contributed by atoms with Gasteiger partial charge in [-0.25, -0.2) is 4.79 Å². The minimum absolute atomic E-state index is 0.0788. The molecule has 1 N–H and O–H groups in total. The number of carbonyl (C=O) groups excluding carboxylic acids is 2. The largest absolute Gasteiger partial charge is 0.465 e. The van der Waals surface area contributed by atoms with Crippen molar-refractivity contribution in [2.75, 3.05) is 12.2 Å². The highest BCUT2D eigenvalue weighted by Gasteiger charge is 2.17. The monoisotopic (exact) mass is 316 g/mol. The lowest BCUT2D eigenvalue weighted by molar-refractivity contribution is -0.384. The van der Waals surface area contributed by atoms with Gasteiger partial charge >= 0.3 is 5.97 Å². The van der Waals surface area contributed by atoms with E-state index in [0.717, 1.165) is 0 Å². The van der Waals surface area contributed by atoms with Crippen molar-refractivity contribution in [3.05, 3.63) is 69.8 Å². The summed E-state index contributed by atoms with van der Waals surface area (Å²) < 4.78 is 4.55. The Hall–Kier alpha value is -3.26. The van der Waals surface area contributed by atoms with Crippen molar-refractivity contribution in [3.8, 4) is 0 Å². The summed E-state index contributed by atoms with van der Waals surface area (Å²) in [5, 5.41) is 20.9. The number of nitrogens with zero attached hydrogens (tertiary/aromatic N) is 2. The third-order valence-electron chi connectivity index (χ3n) is 3.05. The minimum atomic E-state index is -0.759. The number of hydrogen-bond acceptors (Lipinski definition) is 6. The van der Waals surface area contributed by atoms with Crippen LogP contribution in [0.2, 0.25) is 0 Å². The first-order valence-corrected chi connectivity index (χ1v) is 6.40. The Morgan fingerprint density at radius 2 is 1.57 bits per heavy atom. The van der Waals surface area contributed by atoms with Crippen molar-refractivity contribution in [1.82, 2.24) is 0 Å². The fourth-order valence-corrected chi connectivity index (χ4v) is 1.82. The Kier molecular flexibility index (Phi) is 4.67. The van der Waals surface area contributed by atoms with E-state index in [2.05, 4.69) is 4.74 Å². The van der Waals surface area contributed by atoms with Gasteiger partial charge < -0.3 is 4.74 Å². The third-order valence-corrected chi connectivity index (χ3v) is 3.05. The van der Waals surface area contributed by atoms with Crippen molar-refractivity contribution in [1.29, 1.82) is 0 Å². The molecule has 2 rings (SSSR count). The Morgan fingerprint density at radius 3 is 2.04 bits per heavy atom. The van der Waals surface area contributed by atoms with Crippen molar-refractivity contribution >= 4 is 23.3 Å². The second kappa shape index (κ2) is 6.67. The lowest BCUT2D eigenvalue weighted by Gasteiger charge is -2.15. The van der Waals surface area contributed by atoms with Crippen molar-refractivity contribution in [3.63, 3.8) is 0 Å². The first-order valence-electron chi connectivity index (χ1n) is 6.40. The highest BCUT2D eigenvalue weighted by Crippen LogP contribution is 2.18. The van der Waals surface area contributed by atoms with Crippen LogP contribution in [-0.2, 0) is 4.74 Å². The van der Waals surface area contributed by atoms with Gasteiger partial charge in [0, 0.05) is 17.7 Å². The van der Waals surface area contributed by atoms with Gasteiger partial charge in [0.05, 0.1) is 23.3 Å². The van der Waals surface area contributed by atoms with Crippen molar-refractivity contribution in [2.24, 2.45) is 0 Å². The lowest BCUT2D eigenvalue weighted by Crippen LogP contribution is -2.26. The average molecular weight is 316 g/mol. The maximum atomic E-state index is 12.1. The normalized spacial score (nSPS) is 10.0. The zero-order valence-corrected chi connectivity index (χ0v) is 12.0. The van der Waals surface area contributed by atoms with Crippen LogP contribution in [0.3, 0.4) is 0 Å². The van der Waals surface area contributed by atoms with Gasteiger partial charge in [0.25, 0.3) is 11.6 Å². The van der Waals surface area contributed by atoms with Crippen LogP contribution in [-0.4, -0.2) is 29.1 Å². The van der Waals surface area contributed by atoms with Gasteiger partial charge in [-0.2, -0.15) is 5.06 Å². The minimum Gasteiger partial charge on any atom is -0.465 e. The number of non-ortho nitro benzene ring substituents is 1. The fourth-order valence-electron chi connectivity index (χ4n) is 1.82. The maximum absolute atomic E-state index is 12.1. The molecule has 0 aromatic heterocycles. The molecule has 8 heteroatoms. The molecule has 23 heavy (non-hydrogen) atoms. The number of ether oxygens (including phenoxy) is 1. The molecule has 0 aliphatic carbocycles. The Bertz CT molecular complexity index is 740. The smallest absolute Gasteiger partial charge is 0.337 e. The number of hydroxylamine groups is 1. The number of nitro benzene ring substituents is 1. The zero-order chi connectivity index (χ0) is 17.0. The molecule has 8 nitrogen and oxygen atoms in total. The number of benzene rings is 2. The van der Waals surface area contributed by atoms with Crippen LogP contribution >= 0.6 is 0 Å². The molecule has 0 saturated heterocycles. The first kappa shape index (κ1) is 16.1. The van der Waals surface area contributed by atoms with Crippen LogP contribution in [0.1, 0.15) is 20.7 Å². The number of hydrogen-bond donors (Lipinski definition) is 1. The van der Waals surface area contributed by atoms with Gasteiger partial charge in [-0.15, -0.1) is 0 Å². The van der Waals surface area contributed by atoms with E-state index in [0.29, 0.717) is 5.06 Å². The van der Waals surface area contributed by atoms with Crippen LogP contribution < -0.4 is 5.06 Å². The van der Waals surface area contributed by atoms with Gasteiger partial charge in [0.15, 0.2) is 0 Å². The summed E-state index contributed by atoms with van der Waals surface area (Å²) >= 11 is 0. The fraction of sp³-hybridized carbons (Fsp3) is 0.0667. The molecular formula is C15H12N2O6. The first-order chi connectivity index (χ1) is 10.9. The van der Waals surface area contributed by atoms with E-state index < -0.39 is 16.8 Å². The molecular weight excluding hydrogens is 304 g/mol. The van der Waals surface area contributed by atoms with E-state index >= 15 is 0 Å². The second-order valence-corrected chi connectivity index (χ2v) is 4.46. The van der Waals surface area contributed by atoms with Crippen LogP contribution in [0, 0.1) is 10.1 Å². The van der Waals surface area contributed by atoms with Crippen LogP contribution in [0.15, 0.2) is 48.5 Å². The molecule has 0 aliphatic rings. The van der Waals surface area contributed by atoms with E-state index in [4.69, 9.17) is 0 Å². The number of carbonyl (C=O) groups is 2. The Balaban J connectivity index is 2.18. The highest BCUT2D eigenvalue weighted by atomic mass is 16.6. The maximum Gasteiger partial charge on any atom is 0.337 e. The summed E-state index contributed by atoms with van der Waals surface area (Å²) in [4.78, 5) is 33.4. The molecule has 0 unspecified atom stereocenters. The number of anilines is 1. The van der Waals surface area contributed by atoms with Gasteiger partial charge in [0.1, 0.15) is 0 Å². The predicted octanol–water partition coefficient (Wildman–Crippen LogP) is 2.42. The quantitative estimate of drug-likeness (QED) is 0.401. The average Bonchev–Trinajstić information content (AvgIpc) is 2.60. The van der Waals surface area contributed by atoms with Crippen LogP contribution in [0.25, 0.3) is 0 Å². The van der Waals surface area contributed by atoms with Crippen LogP contribution in [0.5, 0.6) is 0 Å². The molecule has 0 bridgehead atoms. The van der Waals surface area contributed by atoms with E-state index in [-0.39, 0.29) is 22.5 Å². The lowest BCUT2D eigenvalue weighted by atomic mass is 10.1. The van der Waals surface area contributed by atoms with E-state index in [1.807, 2.05) is 0 Å². The van der Waals surface area contributed by atoms with E-state index in [9.17, 15) is 24.9 Å². The molecule has 0 heterocycles.